The molecule has 4 N–H and O–H groups in total. The average Bonchev–Trinajstić information content (AvgIpc) is 2.49. The summed E-state index contributed by atoms with van der Waals surface area (Å²) in [5.41, 5.74) is 3.97. The van der Waals surface area contributed by atoms with Crippen LogP contribution in [0, 0.1) is 11.3 Å². The number of halogens is 1. The Balaban J connectivity index is 2.26. The molecule has 0 spiro atoms. The van der Waals surface area contributed by atoms with Crippen molar-refractivity contribution in [1.29, 1.82) is 5.26 Å². The van der Waals surface area contributed by atoms with Gasteiger partial charge in [0.2, 0.25) is 0 Å². The highest BCUT2D eigenvalue weighted by atomic mass is 35.5. The summed E-state index contributed by atoms with van der Waals surface area (Å²) < 4.78 is 0. The van der Waals surface area contributed by atoms with Crippen LogP contribution in [-0.2, 0) is 0 Å². The van der Waals surface area contributed by atoms with Crippen LogP contribution in [0.4, 0.5) is 11.4 Å². The van der Waals surface area contributed by atoms with E-state index in [4.69, 9.17) is 22.7 Å². The van der Waals surface area contributed by atoms with Crippen LogP contribution in [0.15, 0.2) is 36.7 Å². The lowest BCUT2D eigenvalue weighted by Gasteiger charge is -2.10. The summed E-state index contributed by atoms with van der Waals surface area (Å²) in [6, 6.07) is 8.14. The maximum atomic E-state index is 12.1. The van der Waals surface area contributed by atoms with Crippen molar-refractivity contribution in [2.75, 3.05) is 10.7 Å². The van der Waals surface area contributed by atoms with Gasteiger partial charge in [-0.2, -0.15) is 5.26 Å². The summed E-state index contributed by atoms with van der Waals surface area (Å²) in [7, 11) is 0. The number of anilines is 2. The average molecular weight is 288 g/mol. The Hall–Kier alpha value is -2.62. The van der Waals surface area contributed by atoms with Gasteiger partial charge in [-0.15, -0.1) is 0 Å². The molecule has 0 saturated heterocycles. The number of hydrazine groups is 1. The monoisotopic (exact) mass is 287 g/mol. The largest absolute Gasteiger partial charge is 0.323 e. The van der Waals surface area contributed by atoms with Crippen LogP contribution >= 0.6 is 11.6 Å². The number of nitrogens with two attached hydrogens (primary N) is 1. The number of nitriles is 1. The molecule has 7 heteroatoms. The third kappa shape index (κ3) is 2.85. The Morgan fingerprint density at radius 3 is 2.80 bits per heavy atom. The summed E-state index contributed by atoms with van der Waals surface area (Å²) in [6.07, 6.45) is 2.91. The quantitative estimate of drug-likeness (QED) is 0.593. The Morgan fingerprint density at radius 2 is 2.15 bits per heavy atom. The third-order valence-electron chi connectivity index (χ3n) is 2.57. The first-order valence-corrected chi connectivity index (χ1v) is 5.95. The Bertz CT molecular complexity index is 695. The summed E-state index contributed by atoms with van der Waals surface area (Å²) in [4.78, 5) is 16.0. The Labute approximate surface area is 120 Å². The van der Waals surface area contributed by atoms with Crippen molar-refractivity contribution in [2.45, 2.75) is 0 Å². The van der Waals surface area contributed by atoms with Crippen molar-refractivity contribution in [3.8, 4) is 6.07 Å². The van der Waals surface area contributed by atoms with E-state index < -0.39 is 5.91 Å². The lowest BCUT2D eigenvalue weighted by molar-refractivity contribution is 0.102. The molecule has 1 aromatic carbocycles. The number of hydrogen-bond donors (Lipinski definition) is 3. The van der Waals surface area contributed by atoms with Gasteiger partial charge in [0, 0.05) is 12.4 Å². The zero-order valence-corrected chi connectivity index (χ0v) is 11.0. The van der Waals surface area contributed by atoms with Gasteiger partial charge in [-0.25, -0.2) is 0 Å². The Morgan fingerprint density at radius 1 is 1.35 bits per heavy atom. The number of nitrogen functional groups attached to an aromatic ring is 1. The van der Waals surface area contributed by atoms with E-state index in [-0.39, 0.29) is 10.6 Å². The second-order valence-corrected chi connectivity index (χ2v) is 4.23. The van der Waals surface area contributed by atoms with Gasteiger partial charge in [0.05, 0.1) is 33.6 Å². The van der Waals surface area contributed by atoms with E-state index in [1.54, 1.807) is 18.2 Å². The van der Waals surface area contributed by atoms with Gasteiger partial charge in [-0.3, -0.25) is 15.6 Å². The first-order chi connectivity index (χ1) is 9.65. The van der Waals surface area contributed by atoms with Crippen molar-refractivity contribution in [2.24, 2.45) is 5.84 Å². The van der Waals surface area contributed by atoms with E-state index in [9.17, 15) is 4.79 Å². The number of rotatable bonds is 3. The van der Waals surface area contributed by atoms with Gasteiger partial charge in [0.25, 0.3) is 5.91 Å². The molecule has 0 unspecified atom stereocenters. The fourth-order valence-electron chi connectivity index (χ4n) is 1.58. The molecule has 1 aromatic heterocycles. The van der Waals surface area contributed by atoms with Crippen molar-refractivity contribution in [3.63, 3.8) is 0 Å². The van der Waals surface area contributed by atoms with Crippen molar-refractivity contribution >= 4 is 28.9 Å². The van der Waals surface area contributed by atoms with Crippen molar-refractivity contribution in [3.05, 3.63) is 52.8 Å². The number of nitrogens with zero attached hydrogens (tertiary/aromatic N) is 2. The molecule has 20 heavy (non-hydrogen) atoms. The molecule has 2 aromatic rings. The fourth-order valence-corrected chi connectivity index (χ4v) is 1.80. The van der Waals surface area contributed by atoms with Crippen LogP contribution in [0.25, 0.3) is 0 Å². The lowest BCUT2D eigenvalue weighted by atomic mass is 10.2. The van der Waals surface area contributed by atoms with Crippen molar-refractivity contribution in [1.82, 2.24) is 4.98 Å². The van der Waals surface area contributed by atoms with Crippen LogP contribution in [-0.4, -0.2) is 10.9 Å². The molecule has 6 nitrogen and oxygen atoms in total. The molecule has 0 aliphatic heterocycles. The summed E-state index contributed by atoms with van der Waals surface area (Å²) in [5, 5.41) is 11.7. The van der Waals surface area contributed by atoms with Crippen LogP contribution in [0.5, 0.6) is 0 Å². The highest BCUT2D eigenvalue weighted by Gasteiger charge is 2.13. The van der Waals surface area contributed by atoms with Gasteiger partial charge in [-0.05, 0) is 24.3 Å². The van der Waals surface area contributed by atoms with E-state index in [1.807, 2.05) is 6.07 Å². The van der Waals surface area contributed by atoms with Gasteiger partial charge < -0.3 is 10.7 Å². The molecule has 0 aliphatic rings. The van der Waals surface area contributed by atoms with Gasteiger partial charge in [0.1, 0.15) is 0 Å². The molecule has 0 radical (unpaired) electrons. The minimum atomic E-state index is -0.405. The molecule has 1 amide bonds. The second-order valence-electron chi connectivity index (χ2n) is 3.83. The summed E-state index contributed by atoms with van der Waals surface area (Å²) >= 11 is 5.99. The molecule has 0 saturated carbocycles. The SMILES string of the molecule is N#Cc1ccc(NC(=O)c2cnccc2NN)c(Cl)c1. The van der Waals surface area contributed by atoms with Gasteiger partial charge in [-0.1, -0.05) is 11.6 Å². The van der Waals surface area contributed by atoms with Gasteiger partial charge >= 0.3 is 0 Å². The number of amides is 1. The van der Waals surface area contributed by atoms with Crippen LogP contribution < -0.4 is 16.6 Å². The maximum absolute atomic E-state index is 12.1. The lowest BCUT2D eigenvalue weighted by Crippen LogP contribution is -2.17. The predicted octanol–water partition coefficient (Wildman–Crippen LogP) is 2.14. The first-order valence-electron chi connectivity index (χ1n) is 5.57. The molecule has 0 fully saturated rings. The summed E-state index contributed by atoms with van der Waals surface area (Å²) in [5.74, 6) is 4.92. The number of hydrogen-bond acceptors (Lipinski definition) is 5. The highest BCUT2D eigenvalue weighted by Crippen LogP contribution is 2.24. The molecule has 1 heterocycles. The topological polar surface area (TPSA) is 104 Å². The van der Waals surface area contributed by atoms with E-state index in [0.717, 1.165) is 0 Å². The maximum Gasteiger partial charge on any atom is 0.259 e. The minimum absolute atomic E-state index is 0.281. The van der Waals surface area contributed by atoms with Crippen molar-refractivity contribution < 1.29 is 4.79 Å². The van der Waals surface area contributed by atoms with Gasteiger partial charge in [0.15, 0.2) is 0 Å². The van der Waals surface area contributed by atoms with E-state index in [0.29, 0.717) is 16.9 Å². The molecule has 100 valence electrons. The number of aromatic nitrogens is 1. The third-order valence-corrected chi connectivity index (χ3v) is 2.88. The number of nitrogens with one attached hydrogen (secondary N) is 2. The zero-order valence-electron chi connectivity index (χ0n) is 10.2. The highest BCUT2D eigenvalue weighted by molar-refractivity contribution is 6.34. The van der Waals surface area contributed by atoms with Crippen LogP contribution in [0.2, 0.25) is 5.02 Å². The molecular weight excluding hydrogens is 278 g/mol. The fraction of sp³-hybridized carbons (Fsp3) is 0. The molecule has 0 bridgehead atoms. The number of pyridine rings is 1. The molecule has 2 rings (SSSR count). The van der Waals surface area contributed by atoms with Crippen LogP contribution in [0.1, 0.15) is 15.9 Å². The minimum Gasteiger partial charge on any atom is -0.323 e. The second kappa shape index (κ2) is 6.02. The molecule has 0 atom stereocenters. The molecule has 0 aliphatic carbocycles. The predicted molar refractivity (Wildman–Crippen MR) is 76.2 cm³/mol. The Kier molecular flexibility index (Phi) is 4.15. The number of carbonyl (C=O) groups excluding carboxylic acids is 1. The molecular formula is C13H10ClN5O. The smallest absolute Gasteiger partial charge is 0.259 e. The van der Waals surface area contributed by atoms with Crippen LogP contribution in [0.3, 0.4) is 0 Å². The zero-order chi connectivity index (χ0) is 14.5. The first kappa shape index (κ1) is 13.8. The number of benzene rings is 1. The standard InChI is InChI=1S/C13H10ClN5O/c14-10-5-8(6-15)1-2-12(10)18-13(20)9-7-17-4-3-11(9)19-16/h1-5,7H,16H2,(H,17,19)(H,18,20). The van der Waals surface area contributed by atoms with E-state index >= 15 is 0 Å². The van der Waals surface area contributed by atoms with E-state index in [1.165, 1.54) is 18.5 Å². The van der Waals surface area contributed by atoms with E-state index in [2.05, 4.69) is 15.7 Å². The normalized spacial score (nSPS) is 9.65. The summed E-state index contributed by atoms with van der Waals surface area (Å²) in [6.45, 7) is 0. The number of carbonyl (C=O) groups is 1.